The van der Waals surface area contributed by atoms with Crippen LogP contribution in [0.4, 0.5) is 16.0 Å². The van der Waals surface area contributed by atoms with Crippen LogP contribution in [0, 0.1) is 47.2 Å². The standard InChI is InChI=1S/C20H24FN7O/c1-13-17(10-28(27-13)20(2,3)12-23)25-19-24-9-16(21)18(26-19)29-11-15-6-4-14(8-22)5-7-15/h9-10,14-15H,4-7,11H2,1-3H3,(H,24,25,26). The quantitative estimate of drug-likeness (QED) is 0.788. The number of nitriles is 2. The molecule has 29 heavy (non-hydrogen) atoms. The molecule has 0 atom stereocenters. The largest absolute Gasteiger partial charge is 0.475 e. The lowest BCUT2D eigenvalue weighted by Crippen LogP contribution is -2.24. The first-order valence-corrected chi connectivity index (χ1v) is 9.62. The molecule has 0 aromatic carbocycles. The van der Waals surface area contributed by atoms with E-state index < -0.39 is 11.4 Å². The van der Waals surface area contributed by atoms with Gasteiger partial charge in [0.1, 0.15) is 5.54 Å². The van der Waals surface area contributed by atoms with Gasteiger partial charge in [-0.15, -0.1) is 0 Å². The minimum Gasteiger partial charge on any atom is -0.475 e. The van der Waals surface area contributed by atoms with Crippen LogP contribution in [0.25, 0.3) is 0 Å². The predicted molar refractivity (Wildman–Crippen MR) is 104 cm³/mol. The number of aromatic nitrogens is 4. The minimum atomic E-state index is -0.798. The Morgan fingerprint density at radius 2 is 2.03 bits per heavy atom. The second kappa shape index (κ2) is 8.44. The van der Waals surface area contributed by atoms with Crippen molar-refractivity contribution in [1.29, 1.82) is 10.5 Å². The summed E-state index contributed by atoms with van der Waals surface area (Å²) in [6.45, 7) is 5.67. The molecule has 9 heteroatoms. The number of rotatable bonds is 6. The molecule has 0 unspecified atom stereocenters. The Morgan fingerprint density at radius 1 is 1.31 bits per heavy atom. The number of nitrogens with zero attached hydrogens (tertiary/aromatic N) is 6. The molecule has 1 saturated carbocycles. The van der Waals surface area contributed by atoms with Gasteiger partial charge < -0.3 is 10.1 Å². The molecule has 0 aliphatic heterocycles. The first kappa shape index (κ1) is 20.5. The Balaban J connectivity index is 1.67. The van der Waals surface area contributed by atoms with Gasteiger partial charge in [-0.2, -0.15) is 25.0 Å². The summed E-state index contributed by atoms with van der Waals surface area (Å²) >= 11 is 0. The number of aryl methyl sites for hydroxylation is 1. The molecule has 0 saturated heterocycles. The van der Waals surface area contributed by atoms with Gasteiger partial charge in [0.2, 0.25) is 11.8 Å². The summed E-state index contributed by atoms with van der Waals surface area (Å²) in [5.41, 5.74) is 0.492. The third-order valence-electron chi connectivity index (χ3n) is 5.19. The number of hydrogen-bond donors (Lipinski definition) is 1. The van der Waals surface area contributed by atoms with E-state index in [9.17, 15) is 9.65 Å². The zero-order valence-electron chi connectivity index (χ0n) is 16.8. The Kier molecular flexibility index (Phi) is 5.97. The highest BCUT2D eigenvalue weighted by Crippen LogP contribution is 2.29. The van der Waals surface area contributed by atoms with Crippen molar-refractivity contribution in [3.8, 4) is 18.0 Å². The number of hydrogen-bond acceptors (Lipinski definition) is 7. The van der Waals surface area contributed by atoms with Crippen LogP contribution >= 0.6 is 0 Å². The fourth-order valence-electron chi connectivity index (χ4n) is 3.21. The molecular weight excluding hydrogens is 373 g/mol. The van der Waals surface area contributed by atoms with Crippen molar-refractivity contribution in [2.24, 2.45) is 11.8 Å². The van der Waals surface area contributed by atoms with Crippen LogP contribution in [0.1, 0.15) is 45.2 Å². The third kappa shape index (κ3) is 4.80. The van der Waals surface area contributed by atoms with Crippen molar-refractivity contribution in [1.82, 2.24) is 19.7 Å². The number of nitrogens with one attached hydrogen (secondary N) is 1. The molecule has 2 aromatic rings. The molecule has 1 aliphatic carbocycles. The van der Waals surface area contributed by atoms with Gasteiger partial charge in [-0.1, -0.05) is 0 Å². The van der Waals surface area contributed by atoms with Crippen molar-refractivity contribution < 1.29 is 9.13 Å². The van der Waals surface area contributed by atoms with E-state index in [-0.39, 0.29) is 17.7 Å². The Hall–Kier alpha value is -3.20. The van der Waals surface area contributed by atoms with E-state index in [2.05, 4.69) is 32.5 Å². The smallest absolute Gasteiger partial charge is 0.255 e. The summed E-state index contributed by atoms with van der Waals surface area (Å²) in [7, 11) is 0. The van der Waals surface area contributed by atoms with Gasteiger partial charge in [0.15, 0.2) is 0 Å². The van der Waals surface area contributed by atoms with Crippen LogP contribution in [-0.4, -0.2) is 26.4 Å². The number of halogens is 1. The SMILES string of the molecule is Cc1nn(C(C)(C)C#N)cc1Nc1ncc(F)c(OCC2CCC(C#N)CC2)n1. The molecular formula is C20H24FN7O. The fourth-order valence-corrected chi connectivity index (χ4v) is 3.21. The fraction of sp³-hybridized carbons (Fsp3) is 0.550. The molecule has 0 radical (unpaired) electrons. The molecule has 1 fully saturated rings. The van der Waals surface area contributed by atoms with Crippen LogP contribution in [0.2, 0.25) is 0 Å². The summed E-state index contributed by atoms with van der Waals surface area (Å²) in [5, 5.41) is 25.6. The average molecular weight is 397 g/mol. The molecule has 152 valence electrons. The summed E-state index contributed by atoms with van der Waals surface area (Å²) in [4.78, 5) is 8.11. The van der Waals surface area contributed by atoms with Crippen LogP contribution in [0.3, 0.4) is 0 Å². The van der Waals surface area contributed by atoms with E-state index in [1.54, 1.807) is 31.6 Å². The van der Waals surface area contributed by atoms with Gasteiger partial charge in [0.05, 0.1) is 42.5 Å². The summed E-state index contributed by atoms with van der Waals surface area (Å²) in [6, 6.07) is 4.49. The predicted octanol–water partition coefficient (Wildman–Crippen LogP) is 3.83. The van der Waals surface area contributed by atoms with Crippen molar-refractivity contribution in [2.75, 3.05) is 11.9 Å². The van der Waals surface area contributed by atoms with Crippen molar-refractivity contribution >= 4 is 11.6 Å². The summed E-state index contributed by atoms with van der Waals surface area (Å²) in [6.07, 6.45) is 6.25. The van der Waals surface area contributed by atoms with Crippen LogP contribution in [0.15, 0.2) is 12.4 Å². The van der Waals surface area contributed by atoms with Crippen LogP contribution in [-0.2, 0) is 5.54 Å². The Labute approximate surface area is 169 Å². The third-order valence-corrected chi connectivity index (χ3v) is 5.19. The Bertz CT molecular complexity index is 949. The highest BCUT2D eigenvalue weighted by atomic mass is 19.1. The van der Waals surface area contributed by atoms with E-state index in [0.717, 1.165) is 31.9 Å². The Morgan fingerprint density at radius 3 is 2.69 bits per heavy atom. The maximum Gasteiger partial charge on any atom is 0.255 e. The monoisotopic (exact) mass is 397 g/mol. The molecule has 1 N–H and O–H groups in total. The number of anilines is 2. The summed E-state index contributed by atoms with van der Waals surface area (Å²) < 4.78 is 21.3. The molecule has 0 amide bonds. The molecule has 8 nitrogen and oxygen atoms in total. The maximum atomic E-state index is 14.1. The average Bonchev–Trinajstić information content (AvgIpc) is 3.10. The molecule has 2 aromatic heterocycles. The van der Waals surface area contributed by atoms with Crippen LogP contribution < -0.4 is 10.1 Å². The molecule has 0 spiro atoms. The molecule has 2 heterocycles. The number of ether oxygens (including phenoxy) is 1. The van der Waals surface area contributed by atoms with Crippen molar-refractivity contribution in [2.45, 2.75) is 52.0 Å². The first-order chi connectivity index (χ1) is 13.8. The second-order valence-corrected chi connectivity index (χ2v) is 7.87. The normalized spacial score (nSPS) is 19.2. The van der Waals surface area contributed by atoms with Gasteiger partial charge in [0, 0.05) is 5.92 Å². The highest BCUT2D eigenvalue weighted by molar-refractivity contribution is 5.55. The van der Waals surface area contributed by atoms with Crippen molar-refractivity contribution in [3.05, 3.63) is 23.9 Å². The topological polar surface area (TPSA) is 112 Å². The molecule has 1 aliphatic rings. The van der Waals surface area contributed by atoms with Crippen molar-refractivity contribution in [3.63, 3.8) is 0 Å². The lowest BCUT2D eigenvalue weighted by atomic mass is 9.83. The van der Waals surface area contributed by atoms with Gasteiger partial charge in [-0.3, -0.25) is 4.68 Å². The first-order valence-electron chi connectivity index (χ1n) is 9.62. The molecule has 0 bridgehead atoms. The zero-order valence-corrected chi connectivity index (χ0v) is 16.8. The van der Waals surface area contributed by atoms with E-state index >= 15 is 0 Å². The second-order valence-electron chi connectivity index (χ2n) is 7.87. The minimum absolute atomic E-state index is 0.104. The van der Waals surface area contributed by atoms with E-state index in [0.29, 0.717) is 23.9 Å². The highest BCUT2D eigenvalue weighted by Gasteiger charge is 2.23. The van der Waals surface area contributed by atoms with Gasteiger partial charge in [-0.25, -0.2) is 4.98 Å². The van der Waals surface area contributed by atoms with Crippen LogP contribution in [0.5, 0.6) is 5.88 Å². The lowest BCUT2D eigenvalue weighted by Gasteiger charge is -2.24. The lowest BCUT2D eigenvalue weighted by molar-refractivity contribution is 0.185. The van der Waals surface area contributed by atoms with E-state index in [4.69, 9.17) is 10.00 Å². The maximum absolute atomic E-state index is 14.1. The van der Waals surface area contributed by atoms with E-state index in [1.807, 2.05) is 0 Å². The zero-order chi connectivity index (χ0) is 21.0. The van der Waals surface area contributed by atoms with Gasteiger partial charge in [-0.05, 0) is 52.4 Å². The van der Waals surface area contributed by atoms with Gasteiger partial charge in [0.25, 0.3) is 5.88 Å². The van der Waals surface area contributed by atoms with E-state index in [1.165, 1.54) is 0 Å². The molecule has 3 rings (SSSR count). The summed E-state index contributed by atoms with van der Waals surface area (Å²) in [5.74, 6) is -0.134. The van der Waals surface area contributed by atoms with Gasteiger partial charge >= 0.3 is 0 Å².